The molecule has 0 spiro atoms. The van der Waals surface area contributed by atoms with Crippen LogP contribution in [-0.2, 0) is 9.53 Å². The molecule has 0 bridgehead atoms. The maximum atomic E-state index is 11.1. The van der Waals surface area contributed by atoms with Crippen molar-refractivity contribution in [3.05, 3.63) is 0 Å². The summed E-state index contributed by atoms with van der Waals surface area (Å²) in [6.45, 7) is 5.44. The normalized spacial score (nSPS) is 27.8. The van der Waals surface area contributed by atoms with Crippen molar-refractivity contribution in [1.82, 2.24) is 4.90 Å². The summed E-state index contributed by atoms with van der Waals surface area (Å²) >= 11 is 0. The molecule has 2 aliphatic rings. The molecule has 92 valence electrons. The molecule has 0 amide bonds. The van der Waals surface area contributed by atoms with Crippen LogP contribution >= 0.6 is 0 Å². The van der Waals surface area contributed by atoms with Crippen molar-refractivity contribution >= 4 is 5.97 Å². The second-order valence-corrected chi connectivity index (χ2v) is 5.25. The molecular weight excluding hydrogens is 206 g/mol. The summed E-state index contributed by atoms with van der Waals surface area (Å²) in [5.74, 6) is -0.640. The van der Waals surface area contributed by atoms with Gasteiger partial charge in [0, 0.05) is 19.3 Å². The zero-order valence-electron chi connectivity index (χ0n) is 9.95. The van der Waals surface area contributed by atoms with Gasteiger partial charge in [-0.3, -0.25) is 4.79 Å². The number of likely N-dealkylation sites (tertiary alicyclic amines) is 1. The third-order valence-electron chi connectivity index (χ3n) is 4.13. The van der Waals surface area contributed by atoms with Gasteiger partial charge in [-0.2, -0.15) is 0 Å². The van der Waals surface area contributed by atoms with Gasteiger partial charge in [0.2, 0.25) is 0 Å². The Morgan fingerprint density at radius 2 is 1.88 bits per heavy atom. The fourth-order valence-corrected chi connectivity index (χ4v) is 2.65. The van der Waals surface area contributed by atoms with E-state index in [0.717, 1.165) is 52.0 Å². The van der Waals surface area contributed by atoms with Gasteiger partial charge in [0.05, 0.1) is 5.41 Å². The molecule has 4 nitrogen and oxygen atoms in total. The molecule has 0 atom stereocenters. The Balaban J connectivity index is 1.87. The highest BCUT2D eigenvalue weighted by Crippen LogP contribution is 2.32. The molecule has 2 aliphatic heterocycles. The average Bonchev–Trinajstić information content (AvgIpc) is 2.31. The van der Waals surface area contributed by atoms with Gasteiger partial charge in [-0.1, -0.05) is 0 Å². The molecule has 0 unspecified atom stereocenters. The maximum absolute atomic E-state index is 11.1. The lowest BCUT2D eigenvalue weighted by Gasteiger charge is -2.41. The van der Waals surface area contributed by atoms with Crippen molar-refractivity contribution in [2.24, 2.45) is 5.41 Å². The molecule has 0 saturated carbocycles. The fourth-order valence-electron chi connectivity index (χ4n) is 2.65. The third-order valence-corrected chi connectivity index (χ3v) is 4.13. The molecule has 0 aromatic carbocycles. The molecule has 2 heterocycles. The molecule has 0 radical (unpaired) electrons. The SMILES string of the molecule is CC1(C(=O)O)CCN(C2CCOCC2)CC1. The molecule has 0 aromatic rings. The average molecular weight is 227 g/mol. The minimum Gasteiger partial charge on any atom is -0.481 e. The quantitative estimate of drug-likeness (QED) is 0.773. The van der Waals surface area contributed by atoms with Crippen LogP contribution in [0.2, 0.25) is 0 Å². The van der Waals surface area contributed by atoms with Crippen molar-refractivity contribution < 1.29 is 14.6 Å². The van der Waals surface area contributed by atoms with Gasteiger partial charge in [-0.25, -0.2) is 0 Å². The van der Waals surface area contributed by atoms with Crippen molar-refractivity contribution in [1.29, 1.82) is 0 Å². The van der Waals surface area contributed by atoms with Crippen molar-refractivity contribution in [3.63, 3.8) is 0 Å². The topological polar surface area (TPSA) is 49.8 Å². The number of rotatable bonds is 2. The molecule has 2 rings (SSSR count). The molecule has 16 heavy (non-hydrogen) atoms. The molecular formula is C12H21NO3. The lowest BCUT2D eigenvalue weighted by atomic mass is 9.80. The first-order chi connectivity index (χ1) is 7.62. The van der Waals surface area contributed by atoms with Crippen LogP contribution in [0.5, 0.6) is 0 Å². The molecule has 2 fully saturated rings. The standard InChI is InChI=1S/C12H21NO3/c1-12(11(14)15)4-6-13(7-5-12)10-2-8-16-9-3-10/h10H,2-9H2,1H3,(H,14,15). The second-order valence-electron chi connectivity index (χ2n) is 5.25. The van der Waals surface area contributed by atoms with Crippen LogP contribution in [0.25, 0.3) is 0 Å². The van der Waals surface area contributed by atoms with E-state index >= 15 is 0 Å². The summed E-state index contributed by atoms with van der Waals surface area (Å²) in [7, 11) is 0. The highest BCUT2D eigenvalue weighted by molar-refractivity contribution is 5.74. The van der Waals surface area contributed by atoms with Crippen LogP contribution in [0.3, 0.4) is 0 Å². The summed E-state index contributed by atoms with van der Waals surface area (Å²) in [4.78, 5) is 13.6. The molecule has 1 N–H and O–H groups in total. The lowest BCUT2D eigenvalue weighted by molar-refractivity contribution is -0.151. The van der Waals surface area contributed by atoms with Gasteiger partial charge >= 0.3 is 5.97 Å². The predicted molar refractivity (Wildman–Crippen MR) is 60.4 cm³/mol. The first-order valence-electron chi connectivity index (χ1n) is 6.17. The number of nitrogens with zero attached hydrogens (tertiary/aromatic N) is 1. The fraction of sp³-hybridized carbons (Fsp3) is 0.917. The van der Waals surface area contributed by atoms with E-state index in [0.29, 0.717) is 6.04 Å². The summed E-state index contributed by atoms with van der Waals surface area (Å²) in [6, 6.07) is 0.618. The van der Waals surface area contributed by atoms with Gasteiger partial charge in [0.15, 0.2) is 0 Å². The Morgan fingerprint density at radius 3 is 2.38 bits per heavy atom. The van der Waals surface area contributed by atoms with Gasteiger partial charge in [0.1, 0.15) is 0 Å². The van der Waals surface area contributed by atoms with Gasteiger partial charge in [-0.15, -0.1) is 0 Å². The van der Waals surface area contributed by atoms with E-state index in [1.54, 1.807) is 0 Å². The predicted octanol–water partition coefficient (Wildman–Crippen LogP) is 1.35. The third kappa shape index (κ3) is 2.38. The van der Waals surface area contributed by atoms with E-state index in [4.69, 9.17) is 9.84 Å². The second kappa shape index (κ2) is 4.72. The van der Waals surface area contributed by atoms with Gasteiger partial charge in [-0.05, 0) is 45.7 Å². The van der Waals surface area contributed by atoms with E-state index in [-0.39, 0.29) is 0 Å². The Hall–Kier alpha value is -0.610. The summed E-state index contributed by atoms with van der Waals surface area (Å²) in [6.07, 6.45) is 3.76. The number of hydrogen-bond acceptors (Lipinski definition) is 3. The summed E-state index contributed by atoms with van der Waals surface area (Å²) < 4.78 is 5.35. The van der Waals surface area contributed by atoms with Crippen LogP contribution in [0.1, 0.15) is 32.6 Å². The van der Waals surface area contributed by atoms with Crippen LogP contribution in [0.15, 0.2) is 0 Å². The lowest BCUT2D eigenvalue weighted by Crippen LogP contribution is -2.48. The minimum atomic E-state index is -0.640. The monoisotopic (exact) mass is 227 g/mol. The van der Waals surface area contributed by atoms with E-state index in [1.165, 1.54) is 0 Å². The number of piperidine rings is 1. The van der Waals surface area contributed by atoms with E-state index in [1.807, 2.05) is 6.92 Å². The largest absolute Gasteiger partial charge is 0.481 e. The molecule has 0 aliphatic carbocycles. The Labute approximate surface area is 96.6 Å². The molecule has 2 saturated heterocycles. The van der Waals surface area contributed by atoms with E-state index in [9.17, 15) is 4.79 Å². The highest BCUT2D eigenvalue weighted by atomic mass is 16.5. The Morgan fingerprint density at radius 1 is 1.31 bits per heavy atom. The number of aliphatic carboxylic acids is 1. The summed E-state index contributed by atoms with van der Waals surface area (Å²) in [5, 5.41) is 9.16. The maximum Gasteiger partial charge on any atom is 0.309 e. The van der Waals surface area contributed by atoms with E-state index in [2.05, 4.69) is 4.90 Å². The Bertz CT molecular complexity index is 253. The van der Waals surface area contributed by atoms with Crippen LogP contribution in [-0.4, -0.2) is 48.3 Å². The smallest absolute Gasteiger partial charge is 0.309 e. The Kier molecular flexibility index (Phi) is 3.50. The van der Waals surface area contributed by atoms with Gasteiger partial charge in [0.25, 0.3) is 0 Å². The van der Waals surface area contributed by atoms with Crippen LogP contribution in [0.4, 0.5) is 0 Å². The van der Waals surface area contributed by atoms with Gasteiger partial charge < -0.3 is 14.7 Å². The number of carboxylic acids is 1. The van der Waals surface area contributed by atoms with Crippen LogP contribution in [0, 0.1) is 5.41 Å². The number of hydrogen-bond donors (Lipinski definition) is 1. The van der Waals surface area contributed by atoms with Crippen molar-refractivity contribution in [2.45, 2.75) is 38.6 Å². The van der Waals surface area contributed by atoms with E-state index < -0.39 is 11.4 Å². The summed E-state index contributed by atoms with van der Waals surface area (Å²) in [5.41, 5.74) is -0.498. The number of carboxylic acid groups (broad SMARTS) is 1. The van der Waals surface area contributed by atoms with Crippen molar-refractivity contribution in [3.8, 4) is 0 Å². The van der Waals surface area contributed by atoms with Crippen LogP contribution < -0.4 is 0 Å². The zero-order chi connectivity index (χ0) is 11.6. The minimum absolute atomic E-state index is 0.498. The molecule has 0 aromatic heterocycles. The first-order valence-corrected chi connectivity index (χ1v) is 6.17. The first kappa shape index (κ1) is 11.9. The molecule has 4 heteroatoms. The highest BCUT2D eigenvalue weighted by Gasteiger charge is 2.38. The number of carbonyl (C=O) groups is 1. The number of ether oxygens (including phenoxy) is 1. The van der Waals surface area contributed by atoms with Crippen molar-refractivity contribution in [2.75, 3.05) is 26.3 Å². The zero-order valence-corrected chi connectivity index (χ0v) is 9.95.